The Morgan fingerprint density at radius 3 is 2.91 bits per heavy atom. The first kappa shape index (κ1) is 10.0. The Bertz CT molecular complexity index is 123. The van der Waals surface area contributed by atoms with Gasteiger partial charge in [0.1, 0.15) is 0 Å². The van der Waals surface area contributed by atoms with Crippen LogP contribution >= 0.6 is 0 Å². The maximum absolute atomic E-state index is 10.4. The van der Waals surface area contributed by atoms with E-state index in [-0.39, 0.29) is 5.91 Å². The SMILES string of the molecule is C=COCCCCNC(C)=O. The predicted molar refractivity (Wildman–Crippen MR) is 44.1 cm³/mol. The summed E-state index contributed by atoms with van der Waals surface area (Å²) in [4.78, 5) is 10.4. The minimum Gasteiger partial charge on any atom is -0.502 e. The van der Waals surface area contributed by atoms with Crippen molar-refractivity contribution < 1.29 is 9.53 Å². The van der Waals surface area contributed by atoms with Gasteiger partial charge in [0.2, 0.25) is 5.91 Å². The van der Waals surface area contributed by atoms with Gasteiger partial charge in [-0.05, 0) is 12.8 Å². The van der Waals surface area contributed by atoms with Crippen LogP contribution < -0.4 is 5.32 Å². The fraction of sp³-hybridized carbons (Fsp3) is 0.625. The van der Waals surface area contributed by atoms with E-state index in [0.717, 1.165) is 19.4 Å². The van der Waals surface area contributed by atoms with Crippen molar-refractivity contribution in [1.82, 2.24) is 5.32 Å². The van der Waals surface area contributed by atoms with Gasteiger partial charge in [-0.25, -0.2) is 0 Å². The van der Waals surface area contributed by atoms with Gasteiger partial charge in [0.15, 0.2) is 0 Å². The van der Waals surface area contributed by atoms with Crippen LogP contribution in [-0.4, -0.2) is 19.1 Å². The number of rotatable bonds is 6. The van der Waals surface area contributed by atoms with Gasteiger partial charge in [-0.2, -0.15) is 0 Å². The molecule has 0 saturated carbocycles. The summed E-state index contributed by atoms with van der Waals surface area (Å²) >= 11 is 0. The molecular weight excluding hydrogens is 142 g/mol. The monoisotopic (exact) mass is 157 g/mol. The van der Waals surface area contributed by atoms with Gasteiger partial charge in [0.25, 0.3) is 0 Å². The molecule has 0 radical (unpaired) electrons. The van der Waals surface area contributed by atoms with E-state index < -0.39 is 0 Å². The van der Waals surface area contributed by atoms with Gasteiger partial charge in [-0.3, -0.25) is 4.79 Å². The number of ether oxygens (including phenoxy) is 1. The minimum absolute atomic E-state index is 0.0228. The van der Waals surface area contributed by atoms with Crippen molar-refractivity contribution in [2.24, 2.45) is 0 Å². The van der Waals surface area contributed by atoms with E-state index in [1.807, 2.05) is 0 Å². The van der Waals surface area contributed by atoms with E-state index in [4.69, 9.17) is 4.74 Å². The topological polar surface area (TPSA) is 38.3 Å². The molecule has 0 fully saturated rings. The van der Waals surface area contributed by atoms with Crippen molar-refractivity contribution >= 4 is 5.91 Å². The Hall–Kier alpha value is -0.990. The van der Waals surface area contributed by atoms with Crippen molar-refractivity contribution in [3.63, 3.8) is 0 Å². The molecule has 0 unspecified atom stereocenters. The number of carbonyl (C=O) groups is 1. The van der Waals surface area contributed by atoms with Gasteiger partial charge in [-0.1, -0.05) is 6.58 Å². The molecule has 0 atom stereocenters. The zero-order chi connectivity index (χ0) is 8.53. The van der Waals surface area contributed by atoms with E-state index in [9.17, 15) is 4.79 Å². The quantitative estimate of drug-likeness (QED) is 0.462. The summed E-state index contributed by atoms with van der Waals surface area (Å²) in [5.74, 6) is 0.0228. The molecule has 0 bridgehead atoms. The Balaban J connectivity index is 2.90. The molecule has 1 amide bonds. The zero-order valence-corrected chi connectivity index (χ0v) is 6.93. The van der Waals surface area contributed by atoms with E-state index in [0.29, 0.717) is 6.61 Å². The summed E-state index contributed by atoms with van der Waals surface area (Å²) in [7, 11) is 0. The third-order valence-electron chi connectivity index (χ3n) is 1.18. The standard InChI is InChI=1S/C8H15NO2/c1-3-11-7-5-4-6-9-8(2)10/h3H,1,4-7H2,2H3,(H,9,10). The summed E-state index contributed by atoms with van der Waals surface area (Å²) in [6, 6.07) is 0. The van der Waals surface area contributed by atoms with Gasteiger partial charge in [0, 0.05) is 13.5 Å². The molecule has 0 aliphatic heterocycles. The van der Waals surface area contributed by atoms with Crippen LogP contribution in [0.2, 0.25) is 0 Å². The van der Waals surface area contributed by atoms with Crippen LogP contribution in [0.5, 0.6) is 0 Å². The van der Waals surface area contributed by atoms with Crippen LogP contribution in [0, 0.1) is 0 Å². The summed E-state index contributed by atoms with van der Waals surface area (Å²) < 4.78 is 4.89. The normalized spacial score (nSPS) is 8.82. The lowest BCUT2D eigenvalue weighted by Gasteiger charge is -2.01. The van der Waals surface area contributed by atoms with Crippen molar-refractivity contribution in [1.29, 1.82) is 0 Å². The van der Waals surface area contributed by atoms with Crippen LogP contribution in [0.25, 0.3) is 0 Å². The number of amides is 1. The summed E-state index contributed by atoms with van der Waals surface area (Å²) in [6.45, 7) is 6.34. The maximum Gasteiger partial charge on any atom is 0.216 e. The Morgan fingerprint density at radius 2 is 2.36 bits per heavy atom. The highest BCUT2D eigenvalue weighted by atomic mass is 16.5. The summed E-state index contributed by atoms with van der Waals surface area (Å²) in [5.41, 5.74) is 0. The average Bonchev–Trinajstić information content (AvgIpc) is 1.96. The van der Waals surface area contributed by atoms with Crippen LogP contribution in [-0.2, 0) is 9.53 Å². The Kier molecular flexibility index (Phi) is 6.48. The summed E-state index contributed by atoms with van der Waals surface area (Å²) in [5, 5.41) is 2.70. The second-order valence-electron chi connectivity index (χ2n) is 2.23. The molecule has 3 heteroatoms. The second-order valence-corrected chi connectivity index (χ2v) is 2.23. The number of hydrogen-bond donors (Lipinski definition) is 1. The average molecular weight is 157 g/mol. The lowest BCUT2D eigenvalue weighted by Crippen LogP contribution is -2.20. The van der Waals surface area contributed by atoms with Crippen molar-refractivity contribution in [3.05, 3.63) is 12.8 Å². The van der Waals surface area contributed by atoms with E-state index >= 15 is 0 Å². The molecule has 3 nitrogen and oxygen atoms in total. The van der Waals surface area contributed by atoms with Crippen molar-refractivity contribution in [3.8, 4) is 0 Å². The van der Waals surface area contributed by atoms with Crippen LogP contribution in [0.1, 0.15) is 19.8 Å². The zero-order valence-electron chi connectivity index (χ0n) is 6.93. The molecule has 64 valence electrons. The molecule has 0 aromatic heterocycles. The highest BCUT2D eigenvalue weighted by Gasteiger charge is 1.89. The van der Waals surface area contributed by atoms with Gasteiger partial charge < -0.3 is 10.1 Å². The van der Waals surface area contributed by atoms with E-state index in [1.165, 1.54) is 13.2 Å². The second kappa shape index (κ2) is 7.12. The first-order valence-electron chi connectivity index (χ1n) is 3.74. The number of carbonyl (C=O) groups excluding carboxylic acids is 1. The lowest BCUT2D eigenvalue weighted by molar-refractivity contribution is -0.118. The maximum atomic E-state index is 10.4. The molecule has 0 aliphatic carbocycles. The molecule has 0 aliphatic rings. The molecule has 11 heavy (non-hydrogen) atoms. The van der Waals surface area contributed by atoms with Gasteiger partial charge >= 0.3 is 0 Å². The molecule has 0 rings (SSSR count). The van der Waals surface area contributed by atoms with Gasteiger partial charge in [-0.15, -0.1) is 0 Å². The van der Waals surface area contributed by atoms with Crippen LogP contribution in [0.4, 0.5) is 0 Å². The lowest BCUT2D eigenvalue weighted by atomic mass is 10.3. The highest BCUT2D eigenvalue weighted by molar-refractivity contribution is 5.72. The number of nitrogens with one attached hydrogen (secondary N) is 1. The first-order valence-corrected chi connectivity index (χ1v) is 3.74. The first-order chi connectivity index (χ1) is 5.27. The molecule has 0 saturated heterocycles. The molecule has 0 aromatic carbocycles. The summed E-state index contributed by atoms with van der Waals surface area (Å²) in [6.07, 6.45) is 3.33. The van der Waals surface area contributed by atoms with E-state index in [1.54, 1.807) is 0 Å². The third-order valence-corrected chi connectivity index (χ3v) is 1.18. The van der Waals surface area contributed by atoms with Crippen molar-refractivity contribution in [2.75, 3.05) is 13.2 Å². The number of unbranched alkanes of at least 4 members (excludes halogenated alkanes) is 1. The molecular formula is C8H15NO2. The molecule has 0 heterocycles. The molecule has 0 spiro atoms. The molecule has 0 aromatic rings. The predicted octanol–water partition coefficient (Wildman–Crippen LogP) is 1.06. The smallest absolute Gasteiger partial charge is 0.216 e. The van der Waals surface area contributed by atoms with Crippen LogP contribution in [0.3, 0.4) is 0 Å². The number of hydrogen-bond acceptors (Lipinski definition) is 2. The van der Waals surface area contributed by atoms with E-state index in [2.05, 4.69) is 11.9 Å². The molecule has 1 N–H and O–H groups in total. The largest absolute Gasteiger partial charge is 0.502 e. The Labute approximate surface area is 67.4 Å². The van der Waals surface area contributed by atoms with Crippen LogP contribution in [0.15, 0.2) is 12.8 Å². The highest BCUT2D eigenvalue weighted by Crippen LogP contribution is 1.87. The fourth-order valence-corrected chi connectivity index (χ4v) is 0.658. The minimum atomic E-state index is 0.0228. The van der Waals surface area contributed by atoms with Gasteiger partial charge in [0.05, 0.1) is 12.9 Å². The van der Waals surface area contributed by atoms with Crippen molar-refractivity contribution in [2.45, 2.75) is 19.8 Å². The fourth-order valence-electron chi connectivity index (χ4n) is 0.658. The third kappa shape index (κ3) is 9.01. The Morgan fingerprint density at radius 1 is 1.64 bits per heavy atom.